The average Bonchev–Trinajstić information content (AvgIpc) is 2.71. The molecule has 1 saturated heterocycles. The van der Waals surface area contributed by atoms with Crippen LogP contribution in [0.25, 0.3) is 0 Å². The molecule has 0 atom stereocenters. The highest BCUT2D eigenvalue weighted by Crippen LogP contribution is 2.17. The first kappa shape index (κ1) is 19.9. The van der Waals surface area contributed by atoms with E-state index in [1.807, 2.05) is 50.2 Å². The van der Waals surface area contributed by atoms with E-state index in [4.69, 9.17) is 0 Å². The van der Waals surface area contributed by atoms with Gasteiger partial charge in [0, 0.05) is 37.6 Å². The van der Waals surface area contributed by atoms with Crippen LogP contribution in [0.15, 0.2) is 48.5 Å². The third kappa shape index (κ3) is 5.33. The van der Waals surface area contributed by atoms with Crippen LogP contribution < -0.4 is 15.5 Å². The molecule has 3 rings (SSSR count). The van der Waals surface area contributed by atoms with Crippen LogP contribution in [0.5, 0.6) is 0 Å². The second-order valence-corrected chi connectivity index (χ2v) is 7.17. The molecule has 1 fully saturated rings. The molecule has 2 aromatic rings. The van der Waals surface area contributed by atoms with Crippen molar-refractivity contribution >= 4 is 23.2 Å². The van der Waals surface area contributed by atoms with Crippen molar-refractivity contribution in [1.29, 1.82) is 0 Å². The van der Waals surface area contributed by atoms with Crippen molar-refractivity contribution in [1.82, 2.24) is 10.2 Å². The number of carbonyl (C=O) groups is 2. The summed E-state index contributed by atoms with van der Waals surface area (Å²) in [5, 5.41) is 5.58. The Labute approximate surface area is 166 Å². The summed E-state index contributed by atoms with van der Waals surface area (Å²) in [7, 11) is 0. The average molecular weight is 380 g/mol. The van der Waals surface area contributed by atoms with E-state index in [9.17, 15) is 9.59 Å². The lowest BCUT2D eigenvalue weighted by Gasteiger charge is -2.35. The van der Waals surface area contributed by atoms with Crippen molar-refractivity contribution in [3.63, 3.8) is 0 Å². The Hall–Kier alpha value is -2.86. The molecule has 1 aliphatic heterocycles. The third-order valence-corrected chi connectivity index (χ3v) is 5.19. The molecule has 1 heterocycles. The highest BCUT2D eigenvalue weighted by atomic mass is 16.2. The van der Waals surface area contributed by atoms with Gasteiger partial charge in [0.1, 0.15) is 0 Å². The maximum absolute atomic E-state index is 12.2. The predicted molar refractivity (Wildman–Crippen MR) is 113 cm³/mol. The van der Waals surface area contributed by atoms with Crippen molar-refractivity contribution in [2.24, 2.45) is 0 Å². The van der Waals surface area contributed by atoms with E-state index in [0.717, 1.165) is 43.0 Å². The molecule has 2 amide bonds. The van der Waals surface area contributed by atoms with Gasteiger partial charge in [0.2, 0.25) is 11.8 Å². The number of carbonyl (C=O) groups excluding carboxylic acids is 2. The molecular formula is C22H28N4O2. The summed E-state index contributed by atoms with van der Waals surface area (Å²) in [5.41, 5.74) is 4.17. The first-order valence-corrected chi connectivity index (χ1v) is 9.68. The van der Waals surface area contributed by atoms with Gasteiger partial charge in [-0.15, -0.1) is 0 Å². The van der Waals surface area contributed by atoms with Crippen molar-refractivity contribution in [3.05, 3.63) is 59.7 Å². The van der Waals surface area contributed by atoms with Crippen LogP contribution in [0, 0.1) is 13.8 Å². The maximum atomic E-state index is 12.2. The van der Waals surface area contributed by atoms with Crippen LogP contribution in [0.1, 0.15) is 11.1 Å². The van der Waals surface area contributed by atoms with Gasteiger partial charge >= 0.3 is 0 Å². The zero-order valence-electron chi connectivity index (χ0n) is 16.6. The number of nitrogens with one attached hydrogen (secondary N) is 2. The number of anilines is 2. The fourth-order valence-corrected chi connectivity index (χ4v) is 3.32. The van der Waals surface area contributed by atoms with Gasteiger partial charge in [-0.2, -0.15) is 0 Å². The minimum atomic E-state index is -0.212. The normalized spacial score (nSPS) is 14.6. The molecule has 1 aliphatic rings. The van der Waals surface area contributed by atoms with E-state index in [1.165, 1.54) is 5.69 Å². The molecule has 6 nitrogen and oxygen atoms in total. The fraction of sp³-hybridized carbons (Fsp3) is 0.364. The highest BCUT2D eigenvalue weighted by molar-refractivity contribution is 5.95. The zero-order chi connectivity index (χ0) is 19.9. The second kappa shape index (κ2) is 9.37. The number of rotatable bonds is 6. The predicted octanol–water partition coefficient (Wildman–Crippen LogP) is 2.18. The number of amides is 2. The molecule has 0 radical (unpaired) electrons. The van der Waals surface area contributed by atoms with Crippen molar-refractivity contribution in [3.8, 4) is 0 Å². The molecule has 0 bridgehead atoms. The molecular weight excluding hydrogens is 352 g/mol. The zero-order valence-corrected chi connectivity index (χ0v) is 16.6. The minimum absolute atomic E-state index is 0.0177. The lowest BCUT2D eigenvalue weighted by molar-refractivity contribution is -0.125. The lowest BCUT2D eigenvalue weighted by atomic mass is 10.1. The Bertz CT molecular complexity index is 815. The Balaban J connectivity index is 1.39. The number of benzene rings is 2. The van der Waals surface area contributed by atoms with Crippen LogP contribution in [-0.2, 0) is 9.59 Å². The molecule has 0 aromatic heterocycles. The molecule has 0 unspecified atom stereocenters. The quantitative estimate of drug-likeness (QED) is 0.806. The Morgan fingerprint density at radius 2 is 1.61 bits per heavy atom. The second-order valence-electron chi connectivity index (χ2n) is 7.17. The molecule has 0 saturated carbocycles. The Morgan fingerprint density at radius 3 is 2.32 bits per heavy atom. The van der Waals surface area contributed by atoms with E-state index in [0.29, 0.717) is 6.54 Å². The van der Waals surface area contributed by atoms with Gasteiger partial charge in [-0.1, -0.05) is 30.3 Å². The van der Waals surface area contributed by atoms with Crippen molar-refractivity contribution in [2.75, 3.05) is 49.5 Å². The molecule has 0 spiro atoms. The van der Waals surface area contributed by atoms with Crippen molar-refractivity contribution < 1.29 is 9.59 Å². The summed E-state index contributed by atoms with van der Waals surface area (Å²) in [6.45, 7) is 7.72. The number of para-hydroxylation sites is 1. The summed E-state index contributed by atoms with van der Waals surface area (Å²) in [5.74, 6) is -0.333. The first-order chi connectivity index (χ1) is 13.5. The molecule has 6 heteroatoms. The highest BCUT2D eigenvalue weighted by Gasteiger charge is 2.19. The molecule has 2 N–H and O–H groups in total. The van der Waals surface area contributed by atoms with Gasteiger partial charge in [0.25, 0.3) is 0 Å². The number of hydrogen-bond acceptors (Lipinski definition) is 4. The molecule has 0 aliphatic carbocycles. The molecule has 2 aromatic carbocycles. The Kier molecular flexibility index (Phi) is 6.66. The largest absolute Gasteiger partial charge is 0.369 e. The summed E-state index contributed by atoms with van der Waals surface area (Å²) >= 11 is 0. The van der Waals surface area contributed by atoms with Crippen molar-refractivity contribution in [2.45, 2.75) is 13.8 Å². The SMILES string of the molecule is Cc1cccc(NC(=O)CNC(=O)CN2CCN(c3ccccc3)CC2)c1C. The third-order valence-electron chi connectivity index (χ3n) is 5.19. The standard InChI is InChI=1S/C22H28N4O2/c1-17-7-6-10-20(18(17)2)24-21(27)15-23-22(28)16-25-11-13-26(14-12-25)19-8-4-3-5-9-19/h3-10H,11-16H2,1-2H3,(H,23,28)(H,24,27). The van der Waals surface area contributed by atoms with Gasteiger partial charge in [-0.25, -0.2) is 0 Å². The number of aryl methyl sites for hydroxylation is 1. The van der Waals surface area contributed by atoms with E-state index in [1.54, 1.807) is 0 Å². The van der Waals surface area contributed by atoms with E-state index >= 15 is 0 Å². The number of hydrogen-bond donors (Lipinski definition) is 2. The van der Waals surface area contributed by atoms with Gasteiger partial charge in [-0.05, 0) is 43.2 Å². The van der Waals surface area contributed by atoms with E-state index in [-0.39, 0.29) is 18.4 Å². The van der Waals surface area contributed by atoms with Crippen LogP contribution in [0.2, 0.25) is 0 Å². The van der Waals surface area contributed by atoms with E-state index < -0.39 is 0 Å². The topological polar surface area (TPSA) is 64.7 Å². The summed E-state index contributed by atoms with van der Waals surface area (Å²) in [6.07, 6.45) is 0. The Morgan fingerprint density at radius 1 is 0.893 bits per heavy atom. The van der Waals surface area contributed by atoms with E-state index in [2.05, 4.69) is 32.6 Å². The summed E-state index contributed by atoms with van der Waals surface area (Å²) < 4.78 is 0. The van der Waals surface area contributed by atoms with Crippen LogP contribution in [-0.4, -0.2) is 56.0 Å². The number of piperazine rings is 1. The molecule has 148 valence electrons. The maximum Gasteiger partial charge on any atom is 0.243 e. The monoisotopic (exact) mass is 380 g/mol. The lowest BCUT2D eigenvalue weighted by Crippen LogP contribution is -2.50. The summed E-state index contributed by atoms with van der Waals surface area (Å²) in [4.78, 5) is 28.8. The number of nitrogens with zero attached hydrogens (tertiary/aromatic N) is 2. The fourth-order valence-electron chi connectivity index (χ4n) is 3.32. The van der Waals surface area contributed by atoms with Crippen LogP contribution in [0.3, 0.4) is 0 Å². The van der Waals surface area contributed by atoms with Crippen LogP contribution >= 0.6 is 0 Å². The first-order valence-electron chi connectivity index (χ1n) is 9.68. The van der Waals surface area contributed by atoms with Gasteiger partial charge in [-0.3, -0.25) is 14.5 Å². The van der Waals surface area contributed by atoms with Gasteiger partial charge < -0.3 is 15.5 Å². The van der Waals surface area contributed by atoms with Crippen LogP contribution in [0.4, 0.5) is 11.4 Å². The summed E-state index contributed by atoms with van der Waals surface area (Å²) in [6, 6.07) is 16.1. The molecule has 28 heavy (non-hydrogen) atoms. The van der Waals surface area contributed by atoms with Gasteiger partial charge in [0.15, 0.2) is 0 Å². The van der Waals surface area contributed by atoms with Gasteiger partial charge in [0.05, 0.1) is 13.1 Å². The minimum Gasteiger partial charge on any atom is -0.369 e. The smallest absolute Gasteiger partial charge is 0.243 e.